The van der Waals surface area contributed by atoms with Gasteiger partial charge in [-0.2, -0.15) is 0 Å². The fourth-order valence-corrected chi connectivity index (χ4v) is 3.28. The molecule has 0 spiro atoms. The third-order valence-electron chi connectivity index (χ3n) is 2.56. The number of hydrogen-bond acceptors (Lipinski definition) is 3. The molecule has 0 aromatic heterocycles. The van der Waals surface area contributed by atoms with Gasteiger partial charge >= 0.3 is 5.97 Å². The van der Waals surface area contributed by atoms with Gasteiger partial charge in [0.1, 0.15) is 0 Å². The number of sulfonamides is 1. The van der Waals surface area contributed by atoms with E-state index >= 15 is 0 Å². The van der Waals surface area contributed by atoms with E-state index in [-0.39, 0.29) is 10.5 Å². The number of benzene rings is 2. The molecule has 0 unspecified atom stereocenters. The molecule has 2 N–H and O–H groups in total. The third-order valence-corrected chi connectivity index (χ3v) is 4.86. The number of halogens is 2. The molecule has 0 aliphatic rings. The van der Waals surface area contributed by atoms with E-state index in [1.54, 1.807) is 18.2 Å². The predicted octanol–water partition coefficient (Wildman–Crippen LogP) is 3.60. The highest BCUT2D eigenvalue weighted by Crippen LogP contribution is 2.23. The van der Waals surface area contributed by atoms with Crippen molar-refractivity contribution in [1.82, 2.24) is 0 Å². The van der Waals surface area contributed by atoms with Crippen molar-refractivity contribution in [2.45, 2.75) is 4.90 Å². The first kappa shape index (κ1) is 15.8. The van der Waals surface area contributed by atoms with Gasteiger partial charge in [0.15, 0.2) is 0 Å². The standard InChI is InChI=1S/C13H9BrClNO4S/c14-12-5-4-10(7-11(12)13(17)18)21(19,20)16-9-3-1-2-8(15)6-9/h1-7,16H,(H,17,18). The zero-order valence-electron chi connectivity index (χ0n) is 10.4. The first-order valence-electron chi connectivity index (χ1n) is 5.61. The average Bonchev–Trinajstić information content (AvgIpc) is 2.38. The zero-order valence-corrected chi connectivity index (χ0v) is 13.5. The highest BCUT2D eigenvalue weighted by molar-refractivity contribution is 9.10. The predicted molar refractivity (Wildman–Crippen MR) is 83.4 cm³/mol. The molecule has 2 rings (SSSR count). The number of carboxylic acids is 1. The van der Waals surface area contributed by atoms with E-state index in [0.29, 0.717) is 15.2 Å². The van der Waals surface area contributed by atoms with Gasteiger partial charge in [0.05, 0.1) is 16.1 Å². The second-order valence-corrected chi connectivity index (χ2v) is 7.04. The van der Waals surface area contributed by atoms with Gasteiger partial charge in [-0.3, -0.25) is 4.72 Å². The summed E-state index contributed by atoms with van der Waals surface area (Å²) in [4.78, 5) is 10.9. The Hall–Kier alpha value is -1.57. The molecule has 0 bridgehead atoms. The number of rotatable bonds is 4. The highest BCUT2D eigenvalue weighted by atomic mass is 79.9. The second-order valence-electron chi connectivity index (χ2n) is 4.06. The van der Waals surface area contributed by atoms with Crippen molar-refractivity contribution >= 4 is 49.2 Å². The summed E-state index contributed by atoms with van der Waals surface area (Å²) in [6, 6.07) is 9.97. The van der Waals surface area contributed by atoms with Crippen LogP contribution < -0.4 is 4.72 Å². The van der Waals surface area contributed by atoms with Crippen molar-refractivity contribution in [3.05, 3.63) is 57.5 Å². The molecule has 0 saturated heterocycles. The van der Waals surface area contributed by atoms with Gasteiger partial charge in [0.2, 0.25) is 0 Å². The Morgan fingerprint density at radius 3 is 2.52 bits per heavy atom. The van der Waals surface area contributed by atoms with Crippen LogP contribution in [0, 0.1) is 0 Å². The van der Waals surface area contributed by atoms with Crippen LogP contribution in [-0.2, 0) is 10.0 Å². The lowest BCUT2D eigenvalue weighted by molar-refractivity contribution is 0.0695. The molecule has 0 radical (unpaired) electrons. The van der Waals surface area contributed by atoms with Crippen molar-refractivity contribution < 1.29 is 18.3 Å². The number of carboxylic acid groups (broad SMARTS) is 1. The van der Waals surface area contributed by atoms with Crippen molar-refractivity contribution in [2.75, 3.05) is 4.72 Å². The quantitative estimate of drug-likeness (QED) is 0.835. The Bertz CT molecular complexity index is 808. The summed E-state index contributed by atoms with van der Waals surface area (Å²) in [6.45, 7) is 0. The fraction of sp³-hybridized carbons (Fsp3) is 0. The number of aromatic carboxylic acids is 1. The van der Waals surface area contributed by atoms with Crippen LogP contribution in [0.3, 0.4) is 0 Å². The summed E-state index contributed by atoms with van der Waals surface area (Å²) in [5, 5.41) is 9.41. The Kier molecular flexibility index (Phi) is 4.55. The van der Waals surface area contributed by atoms with Crippen LogP contribution in [0.4, 0.5) is 5.69 Å². The molecule has 2 aromatic rings. The van der Waals surface area contributed by atoms with Gasteiger partial charge in [-0.15, -0.1) is 0 Å². The van der Waals surface area contributed by atoms with E-state index in [9.17, 15) is 13.2 Å². The Morgan fingerprint density at radius 1 is 1.19 bits per heavy atom. The maximum Gasteiger partial charge on any atom is 0.336 e. The molecule has 110 valence electrons. The number of hydrogen-bond donors (Lipinski definition) is 2. The molecule has 5 nitrogen and oxygen atoms in total. The summed E-state index contributed by atoms with van der Waals surface area (Å²) in [6.07, 6.45) is 0. The monoisotopic (exact) mass is 389 g/mol. The van der Waals surface area contributed by atoms with Gasteiger partial charge < -0.3 is 5.11 Å². The summed E-state index contributed by atoms with van der Waals surface area (Å²) in [5.74, 6) is -1.22. The van der Waals surface area contributed by atoms with Crippen molar-refractivity contribution in [3.8, 4) is 0 Å². The smallest absolute Gasteiger partial charge is 0.336 e. The van der Waals surface area contributed by atoms with Gasteiger partial charge in [-0.05, 0) is 52.3 Å². The molecule has 8 heteroatoms. The lowest BCUT2D eigenvalue weighted by atomic mass is 10.2. The second kappa shape index (κ2) is 6.05. The Labute approximate surface area is 134 Å². The minimum Gasteiger partial charge on any atom is -0.478 e. The number of carbonyl (C=O) groups is 1. The first-order valence-corrected chi connectivity index (χ1v) is 8.26. The van der Waals surface area contributed by atoms with E-state index in [4.69, 9.17) is 16.7 Å². The molecular formula is C13H9BrClNO4S. The van der Waals surface area contributed by atoms with E-state index in [1.807, 2.05) is 0 Å². The van der Waals surface area contributed by atoms with Crippen LogP contribution >= 0.6 is 27.5 Å². The van der Waals surface area contributed by atoms with E-state index < -0.39 is 16.0 Å². The minimum absolute atomic E-state index is 0.135. The SMILES string of the molecule is O=C(O)c1cc(S(=O)(=O)Nc2cccc(Cl)c2)ccc1Br. The molecule has 0 atom stereocenters. The lowest BCUT2D eigenvalue weighted by Gasteiger charge is -2.09. The Morgan fingerprint density at radius 2 is 1.90 bits per heavy atom. The molecule has 0 amide bonds. The molecule has 0 fully saturated rings. The third kappa shape index (κ3) is 3.75. The average molecular weight is 391 g/mol. The van der Waals surface area contributed by atoms with E-state index in [2.05, 4.69) is 20.7 Å². The highest BCUT2D eigenvalue weighted by Gasteiger charge is 2.18. The van der Waals surface area contributed by atoms with Gasteiger partial charge in [0, 0.05) is 9.50 Å². The first-order chi connectivity index (χ1) is 9.79. The molecule has 0 heterocycles. The topological polar surface area (TPSA) is 83.5 Å². The van der Waals surface area contributed by atoms with Gasteiger partial charge in [-0.1, -0.05) is 17.7 Å². The number of nitrogens with one attached hydrogen (secondary N) is 1. The summed E-state index contributed by atoms with van der Waals surface area (Å²) in [7, 11) is -3.90. The molecule has 0 aliphatic carbocycles. The molecule has 21 heavy (non-hydrogen) atoms. The van der Waals surface area contributed by atoms with Crippen LogP contribution in [0.2, 0.25) is 5.02 Å². The van der Waals surface area contributed by atoms with Gasteiger partial charge in [0.25, 0.3) is 10.0 Å². The maximum absolute atomic E-state index is 12.2. The number of anilines is 1. The van der Waals surface area contributed by atoms with E-state index in [1.165, 1.54) is 18.2 Å². The molecule has 0 aliphatic heterocycles. The van der Waals surface area contributed by atoms with E-state index in [0.717, 1.165) is 6.07 Å². The van der Waals surface area contributed by atoms with Crippen LogP contribution in [0.15, 0.2) is 51.8 Å². The minimum atomic E-state index is -3.90. The lowest BCUT2D eigenvalue weighted by Crippen LogP contribution is -2.14. The zero-order chi connectivity index (χ0) is 15.6. The normalized spacial score (nSPS) is 11.1. The van der Waals surface area contributed by atoms with Crippen LogP contribution in [0.1, 0.15) is 10.4 Å². The molecular weight excluding hydrogens is 382 g/mol. The summed E-state index contributed by atoms with van der Waals surface area (Å²) >= 11 is 8.85. The van der Waals surface area contributed by atoms with Crippen LogP contribution in [0.25, 0.3) is 0 Å². The molecule has 0 saturated carbocycles. The van der Waals surface area contributed by atoms with Crippen LogP contribution in [-0.4, -0.2) is 19.5 Å². The van der Waals surface area contributed by atoms with Crippen molar-refractivity contribution in [3.63, 3.8) is 0 Å². The van der Waals surface area contributed by atoms with Crippen LogP contribution in [0.5, 0.6) is 0 Å². The summed E-state index contributed by atoms with van der Waals surface area (Å²) in [5.41, 5.74) is 0.159. The Balaban J connectivity index is 2.40. The van der Waals surface area contributed by atoms with Crippen molar-refractivity contribution in [2.24, 2.45) is 0 Å². The largest absolute Gasteiger partial charge is 0.478 e. The molecule has 2 aromatic carbocycles. The van der Waals surface area contributed by atoms with Crippen molar-refractivity contribution in [1.29, 1.82) is 0 Å². The maximum atomic E-state index is 12.2. The fourth-order valence-electron chi connectivity index (χ4n) is 1.60. The summed E-state index contributed by atoms with van der Waals surface area (Å²) < 4.78 is 27.1. The van der Waals surface area contributed by atoms with Gasteiger partial charge in [-0.25, -0.2) is 13.2 Å².